The van der Waals surface area contributed by atoms with Gasteiger partial charge in [0.15, 0.2) is 0 Å². The van der Waals surface area contributed by atoms with Crippen molar-refractivity contribution in [2.24, 2.45) is 0 Å². The second-order valence-corrected chi connectivity index (χ2v) is 7.55. The number of nitrogens with zero attached hydrogens (tertiary/aromatic N) is 2. The van der Waals surface area contributed by atoms with E-state index in [1.807, 2.05) is 18.3 Å². The Bertz CT molecular complexity index is 783. The molecule has 2 heterocycles. The molecule has 0 bridgehead atoms. The molecule has 0 aliphatic heterocycles. The van der Waals surface area contributed by atoms with Crippen molar-refractivity contribution in [1.82, 2.24) is 20.2 Å². The monoisotopic (exact) mass is 358 g/mol. The number of nitrogens with one attached hydrogen (secondary N) is 2. The molecule has 6 nitrogen and oxygen atoms in total. The summed E-state index contributed by atoms with van der Waals surface area (Å²) < 4.78 is 2.11. The predicted octanol–water partition coefficient (Wildman–Crippen LogP) is 3.43. The Morgan fingerprint density at radius 3 is 2.62 bits per heavy atom. The highest BCUT2D eigenvalue weighted by Crippen LogP contribution is 2.27. The molecule has 3 N–H and O–H groups in total. The molecule has 1 amide bonds. The minimum atomic E-state index is -0.557. The molecule has 142 valence electrons. The minimum absolute atomic E-state index is 0.0657. The molecular weight excluding hydrogens is 328 g/mol. The smallest absolute Gasteiger partial charge is 0.267 e. The number of hydroxylamine groups is 1. The van der Waals surface area contributed by atoms with Crippen LogP contribution in [0.1, 0.15) is 64.4 Å². The largest absolute Gasteiger partial charge is 0.308 e. The topological polar surface area (TPSA) is 78.7 Å². The van der Waals surface area contributed by atoms with Gasteiger partial charge in [0.05, 0.1) is 11.4 Å². The summed E-state index contributed by atoms with van der Waals surface area (Å²) in [6, 6.07) is 4.37. The maximum absolute atomic E-state index is 11.2. The molecule has 2 aromatic rings. The van der Waals surface area contributed by atoms with Crippen LogP contribution in [0, 0.1) is 0 Å². The van der Waals surface area contributed by atoms with E-state index in [0.717, 1.165) is 36.3 Å². The highest BCUT2D eigenvalue weighted by Gasteiger charge is 2.24. The third-order valence-corrected chi connectivity index (χ3v) is 4.54. The number of hydrogen-bond acceptors (Lipinski definition) is 4. The van der Waals surface area contributed by atoms with Gasteiger partial charge in [-0.15, -0.1) is 0 Å². The van der Waals surface area contributed by atoms with Crippen molar-refractivity contribution in [3.8, 4) is 0 Å². The van der Waals surface area contributed by atoms with Crippen LogP contribution in [0.2, 0.25) is 0 Å². The SMILES string of the molecule is CCC(CC)NCc1c(C(C)(C)C)nc2cc(C=CC(=O)NO)ccn12. The van der Waals surface area contributed by atoms with Crippen molar-refractivity contribution in [3.05, 3.63) is 41.4 Å². The molecular formula is C20H30N4O2. The van der Waals surface area contributed by atoms with Gasteiger partial charge in [0.25, 0.3) is 5.91 Å². The van der Waals surface area contributed by atoms with Crippen LogP contribution in [0.3, 0.4) is 0 Å². The average Bonchev–Trinajstić information content (AvgIpc) is 2.98. The summed E-state index contributed by atoms with van der Waals surface area (Å²) in [6.45, 7) is 11.7. The van der Waals surface area contributed by atoms with Gasteiger partial charge in [0.1, 0.15) is 5.65 Å². The van der Waals surface area contributed by atoms with E-state index in [2.05, 4.69) is 44.3 Å². The summed E-state index contributed by atoms with van der Waals surface area (Å²) in [5, 5.41) is 12.2. The van der Waals surface area contributed by atoms with E-state index in [4.69, 9.17) is 10.2 Å². The molecule has 0 saturated carbocycles. The number of carbonyl (C=O) groups is 1. The first-order valence-corrected chi connectivity index (χ1v) is 9.17. The van der Waals surface area contributed by atoms with Gasteiger partial charge in [0.2, 0.25) is 0 Å². The lowest BCUT2D eigenvalue weighted by Crippen LogP contribution is -2.29. The van der Waals surface area contributed by atoms with E-state index in [1.165, 1.54) is 11.8 Å². The van der Waals surface area contributed by atoms with Gasteiger partial charge in [-0.3, -0.25) is 10.0 Å². The van der Waals surface area contributed by atoms with Crippen molar-refractivity contribution < 1.29 is 10.0 Å². The molecule has 26 heavy (non-hydrogen) atoms. The van der Waals surface area contributed by atoms with Gasteiger partial charge in [-0.25, -0.2) is 10.5 Å². The lowest BCUT2D eigenvalue weighted by molar-refractivity contribution is -0.124. The van der Waals surface area contributed by atoms with Crippen molar-refractivity contribution in [2.75, 3.05) is 0 Å². The zero-order chi connectivity index (χ0) is 19.3. The van der Waals surface area contributed by atoms with Crippen molar-refractivity contribution in [1.29, 1.82) is 0 Å². The van der Waals surface area contributed by atoms with Crippen LogP contribution < -0.4 is 10.8 Å². The summed E-state index contributed by atoms with van der Waals surface area (Å²) in [4.78, 5) is 16.0. The fraction of sp³-hybridized carbons (Fsp3) is 0.500. The number of amides is 1. The predicted molar refractivity (Wildman–Crippen MR) is 104 cm³/mol. The number of hydrogen-bond donors (Lipinski definition) is 3. The molecule has 0 spiro atoms. The summed E-state index contributed by atoms with van der Waals surface area (Å²) in [5.41, 5.74) is 5.47. The fourth-order valence-corrected chi connectivity index (χ4v) is 3.01. The van der Waals surface area contributed by atoms with Crippen LogP contribution >= 0.6 is 0 Å². The minimum Gasteiger partial charge on any atom is -0.308 e. The number of rotatable bonds is 7. The van der Waals surface area contributed by atoms with Crippen LogP contribution in [0.5, 0.6) is 0 Å². The molecule has 0 radical (unpaired) electrons. The quantitative estimate of drug-likeness (QED) is 0.402. The third-order valence-electron chi connectivity index (χ3n) is 4.54. The fourth-order valence-electron chi connectivity index (χ4n) is 3.01. The van der Waals surface area contributed by atoms with E-state index in [9.17, 15) is 4.79 Å². The van der Waals surface area contributed by atoms with Gasteiger partial charge in [-0.2, -0.15) is 0 Å². The van der Waals surface area contributed by atoms with Crippen LogP contribution in [0.25, 0.3) is 11.7 Å². The Kier molecular flexibility index (Phi) is 6.56. The van der Waals surface area contributed by atoms with Crippen molar-refractivity contribution >= 4 is 17.6 Å². The first-order valence-electron chi connectivity index (χ1n) is 9.17. The van der Waals surface area contributed by atoms with Crippen LogP contribution in [0.4, 0.5) is 0 Å². The molecule has 0 saturated heterocycles. The van der Waals surface area contributed by atoms with E-state index >= 15 is 0 Å². The van der Waals surface area contributed by atoms with E-state index in [0.29, 0.717) is 6.04 Å². The summed E-state index contributed by atoms with van der Waals surface area (Å²) in [5.74, 6) is -0.557. The number of fused-ring (bicyclic) bond motifs is 1. The highest BCUT2D eigenvalue weighted by atomic mass is 16.5. The molecule has 2 rings (SSSR count). The second kappa shape index (κ2) is 8.47. The molecule has 6 heteroatoms. The van der Waals surface area contributed by atoms with E-state index in [1.54, 1.807) is 11.6 Å². The average molecular weight is 358 g/mol. The molecule has 0 aliphatic rings. The Hall–Kier alpha value is -2.18. The van der Waals surface area contributed by atoms with Gasteiger partial charge in [-0.05, 0) is 36.6 Å². The second-order valence-electron chi connectivity index (χ2n) is 7.55. The van der Waals surface area contributed by atoms with Crippen molar-refractivity contribution in [3.63, 3.8) is 0 Å². The van der Waals surface area contributed by atoms with Gasteiger partial charge in [-0.1, -0.05) is 34.6 Å². The molecule has 0 aliphatic carbocycles. The Morgan fingerprint density at radius 2 is 2.04 bits per heavy atom. The van der Waals surface area contributed by atoms with E-state index < -0.39 is 5.91 Å². The number of carbonyl (C=O) groups excluding carboxylic acids is 1. The molecule has 0 fully saturated rings. The molecule has 0 aromatic carbocycles. The molecule has 0 atom stereocenters. The third kappa shape index (κ3) is 4.71. The molecule has 0 unspecified atom stereocenters. The zero-order valence-corrected chi connectivity index (χ0v) is 16.3. The first-order chi connectivity index (χ1) is 12.3. The maximum Gasteiger partial charge on any atom is 0.267 e. The lowest BCUT2D eigenvalue weighted by Gasteiger charge is -2.20. The van der Waals surface area contributed by atoms with Crippen LogP contribution in [-0.4, -0.2) is 26.5 Å². The number of imidazole rings is 1. The van der Waals surface area contributed by atoms with Gasteiger partial charge in [0, 0.05) is 30.3 Å². The summed E-state index contributed by atoms with van der Waals surface area (Å²) in [7, 11) is 0. The van der Waals surface area contributed by atoms with Gasteiger partial charge >= 0.3 is 0 Å². The maximum atomic E-state index is 11.2. The zero-order valence-electron chi connectivity index (χ0n) is 16.3. The summed E-state index contributed by atoms with van der Waals surface area (Å²) >= 11 is 0. The standard InChI is InChI=1S/C20H30N4O2/c1-6-15(7-2)21-13-16-19(20(3,4)5)22-17-12-14(10-11-24(16)17)8-9-18(25)23-26/h8-12,15,21,26H,6-7,13H2,1-5H3,(H,23,25). The van der Waals surface area contributed by atoms with Crippen molar-refractivity contribution in [2.45, 2.75) is 65.5 Å². The van der Waals surface area contributed by atoms with E-state index in [-0.39, 0.29) is 5.41 Å². The molecule has 2 aromatic heterocycles. The highest BCUT2D eigenvalue weighted by molar-refractivity contribution is 5.90. The Morgan fingerprint density at radius 1 is 1.35 bits per heavy atom. The van der Waals surface area contributed by atoms with Gasteiger partial charge < -0.3 is 9.72 Å². The normalized spacial score (nSPS) is 12.4. The lowest BCUT2D eigenvalue weighted by atomic mass is 9.90. The summed E-state index contributed by atoms with van der Waals surface area (Å²) in [6.07, 6.45) is 7.12. The number of aromatic nitrogens is 2. The Balaban J connectivity index is 2.41. The van der Waals surface area contributed by atoms with Crippen LogP contribution in [-0.2, 0) is 16.8 Å². The van der Waals surface area contributed by atoms with Crippen LogP contribution in [0.15, 0.2) is 24.4 Å². The number of pyridine rings is 1. The first kappa shape index (κ1) is 20.1. The Labute approximate surface area is 155 Å².